The van der Waals surface area contributed by atoms with Gasteiger partial charge in [0.25, 0.3) is 0 Å². The second-order valence-corrected chi connectivity index (χ2v) is 3.91. The summed E-state index contributed by atoms with van der Waals surface area (Å²) in [5.74, 6) is -0.315. The first-order valence-electron chi connectivity index (χ1n) is 6.07. The Hall–Kier alpha value is -2.69. The van der Waals surface area contributed by atoms with Crippen LogP contribution in [0.15, 0.2) is 64.9 Å². The fourth-order valence-corrected chi connectivity index (χ4v) is 1.46. The number of nitrogens with one attached hydrogen (secondary N) is 1. The van der Waals surface area contributed by atoms with Crippen LogP contribution in [0.3, 0.4) is 0 Å². The van der Waals surface area contributed by atoms with Crippen LogP contribution in [0.5, 0.6) is 0 Å². The van der Waals surface area contributed by atoms with E-state index in [0.29, 0.717) is 12.3 Å². The molecule has 0 atom stereocenters. The molecule has 0 heterocycles. The first kappa shape index (κ1) is 13.7. The Morgan fingerprint density at radius 3 is 2.70 bits per heavy atom. The minimum atomic E-state index is -0.315. The van der Waals surface area contributed by atoms with Gasteiger partial charge in [0.05, 0.1) is 18.1 Å². The summed E-state index contributed by atoms with van der Waals surface area (Å²) >= 11 is 0. The summed E-state index contributed by atoms with van der Waals surface area (Å²) in [6, 6.07) is 15.8. The monoisotopic (exact) mass is 271 g/mol. The van der Waals surface area contributed by atoms with Crippen molar-refractivity contribution in [1.29, 1.82) is 0 Å². The van der Waals surface area contributed by atoms with Crippen LogP contribution in [-0.2, 0) is 11.4 Å². The van der Waals surface area contributed by atoms with Crippen molar-refractivity contribution in [2.45, 2.75) is 6.61 Å². The van der Waals surface area contributed by atoms with Gasteiger partial charge < -0.3 is 4.84 Å². The third-order valence-corrected chi connectivity index (χ3v) is 2.37. The van der Waals surface area contributed by atoms with Gasteiger partial charge in [0.2, 0.25) is 0 Å². The third-order valence-electron chi connectivity index (χ3n) is 2.37. The van der Waals surface area contributed by atoms with E-state index < -0.39 is 0 Å². The van der Waals surface area contributed by atoms with Gasteiger partial charge >= 0.3 is 0 Å². The topological polar surface area (TPSA) is 46.0 Å². The molecule has 102 valence electrons. The molecule has 0 aromatic heterocycles. The summed E-state index contributed by atoms with van der Waals surface area (Å²) < 4.78 is 12.9. The summed E-state index contributed by atoms with van der Waals surface area (Å²) in [5.41, 5.74) is 4.29. The molecule has 5 heteroatoms. The highest BCUT2D eigenvalue weighted by Gasteiger charge is 1.91. The van der Waals surface area contributed by atoms with Gasteiger partial charge in [-0.05, 0) is 23.8 Å². The fourth-order valence-electron chi connectivity index (χ4n) is 1.46. The Bertz CT molecular complexity index is 585. The molecule has 0 aliphatic heterocycles. The maximum absolute atomic E-state index is 12.9. The molecule has 4 nitrogen and oxygen atoms in total. The molecule has 0 saturated carbocycles. The van der Waals surface area contributed by atoms with Crippen molar-refractivity contribution < 1.29 is 9.23 Å². The van der Waals surface area contributed by atoms with Gasteiger partial charge in [-0.25, -0.2) is 4.39 Å². The highest BCUT2D eigenvalue weighted by atomic mass is 19.1. The van der Waals surface area contributed by atoms with Crippen LogP contribution < -0.4 is 5.43 Å². The van der Waals surface area contributed by atoms with E-state index in [1.165, 1.54) is 24.6 Å². The molecule has 0 aliphatic carbocycles. The standard InChI is InChI=1S/C15H14FN3O/c16-14-7-4-8-15(11-14)19-17-9-10-18-20-12-13-5-2-1-3-6-13/h1-11,19H,12H2. The molecule has 0 bridgehead atoms. The lowest BCUT2D eigenvalue weighted by molar-refractivity contribution is 0.132. The van der Waals surface area contributed by atoms with Gasteiger partial charge in [-0.2, -0.15) is 5.10 Å². The van der Waals surface area contributed by atoms with Gasteiger partial charge in [-0.15, -0.1) is 0 Å². The van der Waals surface area contributed by atoms with Crippen molar-refractivity contribution in [2.75, 3.05) is 5.43 Å². The van der Waals surface area contributed by atoms with Gasteiger partial charge in [-0.3, -0.25) is 5.43 Å². The molecule has 0 unspecified atom stereocenters. The number of hydrogen-bond donors (Lipinski definition) is 1. The molecule has 0 radical (unpaired) electrons. The number of benzene rings is 2. The summed E-state index contributed by atoms with van der Waals surface area (Å²) in [6.45, 7) is 0.405. The molecule has 0 amide bonds. The molecule has 0 spiro atoms. The smallest absolute Gasteiger partial charge is 0.142 e. The summed E-state index contributed by atoms with van der Waals surface area (Å²) in [6.07, 6.45) is 2.84. The maximum Gasteiger partial charge on any atom is 0.142 e. The van der Waals surface area contributed by atoms with E-state index in [1.807, 2.05) is 30.3 Å². The lowest BCUT2D eigenvalue weighted by atomic mass is 10.2. The van der Waals surface area contributed by atoms with Crippen LogP contribution in [0.25, 0.3) is 0 Å². The number of hydrazone groups is 1. The summed E-state index contributed by atoms with van der Waals surface area (Å²) in [7, 11) is 0. The molecule has 0 aliphatic rings. The van der Waals surface area contributed by atoms with Gasteiger partial charge in [-0.1, -0.05) is 41.6 Å². The van der Waals surface area contributed by atoms with E-state index in [0.717, 1.165) is 5.56 Å². The predicted octanol–water partition coefficient (Wildman–Crippen LogP) is 3.43. The summed E-state index contributed by atoms with van der Waals surface area (Å²) in [4.78, 5) is 5.08. The van der Waals surface area contributed by atoms with Crippen LogP contribution in [0.4, 0.5) is 10.1 Å². The number of nitrogens with zero attached hydrogens (tertiary/aromatic N) is 2. The van der Waals surface area contributed by atoms with Crippen molar-refractivity contribution in [3.8, 4) is 0 Å². The molecule has 2 aromatic rings. The number of hydrogen-bond acceptors (Lipinski definition) is 4. The first-order valence-corrected chi connectivity index (χ1v) is 6.07. The van der Waals surface area contributed by atoms with Crippen molar-refractivity contribution in [2.24, 2.45) is 10.3 Å². The van der Waals surface area contributed by atoms with E-state index in [4.69, 9.17) is 4.84 Å². The largest absolute Gasteiger partial charge is 0.391 e. The van der Waals surface area contributed by atoms with Crippen molar-refractivity contribution in [3.63, 3.8) is 0 Å². The minimum absolute atomic E-state index is 0.315. The zero-order chi connectivity index (χ0) is 14.0. The second kappa shape index (κ2) is 7.68. The van der Waals surface area contributed by atoms with Gasteiger partial charge in [0.15, 0.2) is 0 Å². The molecular weight excluding hydrogens is 257 g/mol. The lowest BCUT2D eigenvalue weighted by Gasteiger charge is -1.98. The Kier molecular flexibility index (Phi) is 5.27. The van der Waals surface area contributed by atoms with E-state index in [-0.39, 0.29) is 5.82 Å². The molecule has 1 N–H and O–H groups in total. The first-order chi connectivity index (χ1) is 9.84. The minimum Gasteiger partial charge on any atom is -0.391 e. The average molecular weight is 271 g/mol. The van der Waals surface area contributed by atoms with Crippen LogP contribution in [-0.4, -0.2) is 12.4 Å². The van der Waals surface area contributed by atoms with Crippen LogP contribution in [0, 0.1) is 5.82 Å². The molecule has 0 saturated heterocycles. The highest BCUT2D eigenvalue weighted by Crippen LogP contribution is 2.08. The van der Waals surface area contributed by atoms with Crippen molar-refractivity contribution in [1.82, 2.24) is 0 Å². The number of oxime groups is 1. The Labute approximate surface area is 116 Å². The molecule has 2 rings (SSSR count). The van der Waals surface area contributed by atoms with Crippen LogP contribution in [0.1, 0.15) is 5.56 Å². The Balaban J connectivity index is 1.69. The molecule has 0 fully saturated rings. The zero-order valence-corrected chi connectivity index (χ0v) is 10.7. The fraction of sp³-hybridized carbons (Fsp3) is 0.0667. The molecular formula is C15H14FN3O. The van der Waals surface area contributed by atoms with Crippen LogP contribution >= 0.6 is 0 Å². The number of rotatable bonds is 6. The van der Waals surface area contributed by atoms with Crippen molar-refractivity contribution in [3.05, 3.63) is 66.0 Å². The SMILES string of the molecule is Fc1cccc(NN=CC=NOCc2ccccc2)c1. The summed E-state index contributed by atoms with van der Waals surface area (Å²) in [5, 5.41) is 7.58. The lowest BCUT2D eigenvalue weighted by Crippen LogP contribution is -1.91. The highest BCUT2D eigenvalue weighted by molar-refractivity contribution is 6.15. The zero-order valence-electron chi connectivity index (χ0n) is 10.7. The van der Waals surface area contributed by atoms with E-state index in [9.17, 15) is 4.39 Å². The predicted molar refractivity (Wildman–Crippen MR) is 78.2 cm³/mol. The van der Waals surface area contributed by atoms with Crippen molar-refractivity contribution >= 4 is 18.1 Å². The van der Waals surface area contributed by atoms with E-state index in [2.05, 4.69) is 15.7 Å². The van der Waals surface area contributed by atoms with Gasteiger partial charge in [0, 0.05) is 0 Å². The van der Waals surface area contributed by atoms with Crippen LogP contribution in [0.2, 0.25) is 0 Å². The normalized spacial score (nSPS) is 11.1. The quantitative estimate of drug-likeness (QED) is 0.646. The average Bonchev–Trinajstić information content (AvgIpc) is 2.47. The number of halogens is 1. The van der Waals surface area contributed by atoms with E-state index in [1.54, 1.807) is 12.1 Å². The van der Waals surface area contributed by atoms with E-state index >= 15 is 0 Å². The Morgan fingerprint density at radius 2 is 1.90 bits per heavy atom. The number of anilines is 1. The molecule has 2 aromatic carbocycles. The van der Waals surface area contributed by atoms with Gasteiger partial charge in [0.1, 0.15) is 12.4 Å². The third kappa shape index (κ3) is 4.89. The Morgan fingerprint density at radius 1 is 1.05 bits per heavy atom. The molecule has 20 heavy (non-hydrogen) atoms. The maximum atomic E-state index is 12.9. The second-order valence-electron chi connectivity index (χ2n) is 3.91.